The predicted octanol–water partition coefficient (Wildman–Crippen LogP) is 2.50. The van der Waals surface area contributed by atoms with E-state index < -0.39 is 11.1 Å². The smallest absolute Gasteiger partial charge is 0.153 e. The topological polar surface area (TPSA) is 49.7 Å². The highest BCUT2D eigenvalue weighted by atomic mass is 32.2. The SMILES string of the molecule is CCN=C1CC2CC[C@@]1(CS(=O)O)C2(C)C. The first-order valence-electron chi connectivity index (χ1n) is 6.05. The van der Waals surface area contributed by atoms with Crippen molar-refractivity contribution in [3.63, 3.8) is 0 Å². The first-order valence-corrected chi connectivity index (χ1v) is 7.33. The molecule has 0 aromatic carbocycles. The monoisotopic (exact) mass is 243 g/mol. The molecule has 0 aromatic rings. The summed E-state index contributed by atoms with van der Waals surface area (Å²) < 4.78 is 20.5. The molecule has 2 aliphatic rings. The normalized spacial score (nSPS) is 40.5. The van der Waals surface area contributed by atoms with Crippen molar-refractivity contribution >= 4 is 16.8 Å². The maximum atomic E-state index is 11.2. The minimum absolute atomic E-state index is 0.104. The molecule has 2 saturated carbocycles. The van der Waals surface area contributed by atoms with Crippen molar-refractivity contribution in [1.82, 2.24) is 0 Å². The second kappa shape index (κ2) is 3.91. The molecule has 2 fully saturated rings. The van der Waals surface area contributed by atoms with E-state index in [0.29, 0.717) is 11.7 Å². The fraction of sp³-hybridized carbons (Fsp3) is 0.917. The average molecular weight is 243 g/mol. The number of nitrogens with zero attached hydrogens (tertiary/aromatic N) is 1. The molecule has 0 heterocycles. The van der Waals surface area contributed by atoms with E-state index in [1.807, 2.05) is 6.92 Å². The van der Waals surface area contributed by atoms with Crippen LogP contribution < -0.4 is 0 Å². The van der Waals surface area contributed by atoms with Gasteiger partial charge in [-0.2, -0.15) is 0 Å². The Morgan fingerprint density at radius 3 is 2.75 bits per heavy atom. The predicted molar refractivity (Wildman–Crippen MR) is 67.2 cm³/mol. The maximum Gasteiger partial charge on any atom is 0.153 e. The van der Waals surface area contributed by atoms with Crippen molar-refractivity contribution < 1.29 is 8.76 Å². The Hall–Kier alpha value is -0.220. The Balaban J connectivity index is 2.41. The minimum Gasteiger partial charge on any atom is -0.306 e. The first-order chi connectivity index (χ1) is 7.44. The zero-order chi connectivity index (χ0) is 12.0. The van der Waals surface area contributed by atoms with Crippen LogP contribution in [0.15, 0.2) is 4.99 Å². The van der Waals surface area contributed by atoms with Crippen LogP contribution in [0.5, 0.6) is 0 Å². The third-order valence-electron chi connectivity index (χ3n) is 4.88. The van der Waals surface area contributed by atoms with Gasteiger partial charge in [0.2, 0.25) is 0 Å². The molecule has 0 radical (unpaired) electrons. The summed E-state index contributed by atoms with van der Waals surface area (Å²) in [6, 6.07) is 0. The quantitative estimate of drug-likeness (QED) is 0.774. The molecule has 1 N–H and O–H groups in total. The van der Waals surface area contributed by atoms with Gasteiger partial charge in [0.05, 0.1) is 5.75 Å². The van der Waals surface area contributed by atoms with Gasteiger partial charge in [0.15, 0.2) is 11.1 Å². The minimum atomic E-state index is -1.72. The molecule has 0 saturated heterocycles. The van der Waals surface area contributed by atoms with Gasteiger partial charge in [-0.3, -0.25) is 4.99 Å². The molecule has 3 nitrogen and oxygen atoms in total. The van der Waals surface area contributed by atoms with Crippen LogP contribution in [0.1, 0.15) is 40.0 Å². The van der Waals surface area contributed by atoms with Gasteiger partial charge >= 0.3 is 0 Å². The molecule has 16 heavy (non-hydrogen) atoms. The summed E-state index contributed by atoms with van der Waals surface area (Å²) in [7, 11) is 0. The second-order valence-electron chi connectivity index (χ2n) is 5.63. The first kappa shape index (κ1) is 12.2. The lowest BCUT2D eigenvalue weighted by molar-refractivity contribution is 0.195. The van der Waals surface area contributed by atoms with Crippen molar-refractivity contribution in [3.8, 4) is 0 Å². The molecule has 4 heteroatoms. The number of hydrogen-bond acceptors (Lipinski definition) is 2. The third kappa shape index (κ3) is 1.50. The summed E-state index contributed by atoms with van der Waals surface area (Å²) >= 11 is -1.72. The van der Waals surface area contributed by atoms with E-state index in [1.54, 1.807) is 0 Å². The zero-order valence-electron chi connectivity index (χ0n) is 10.3. The Bertz CT molecular complexity index is 351. The average Bonchev–Trinajstić information content (AvgIpc) is 2.51. The van der Waals surface area contributed by atoms with E-state index in [0.717, 1.165) is 19.4 Å². The van der Waals surface area contributed by atoms with E-state index in [4.69, 9.17) is 0 Å². The summed E-state index contributed by atoms with van der Waals surface area (Å²) in [6.07, 6.45) is 3.26. The lowest BCUT2D eigenvalue weighted by Gasteiger charge is -2.37. The molecular weight excluding hydrogens is 222 g/mol. The van der Waals surface area contributed by atoms with E-state index in [1.165, 1.54) is 12.1 Å². The van der Waals surface area contributed by atoms with Gasteiger partial charge < -0.3 is 4.55 Å². The summed E-state index contributed by atoms with van der Waals surface area (Å²) in [5, 5.41) is 0. The summed E-state index contributed by atoms with van der Waals surface area (Å²) in [5.41, 5.74) is 1.24. The van der Waals surface area contributed by atoms with Crippen molar-refractivity contribution in [2.75, 3.05) is 12.3 Å². The Morgan fingerprint density at radius 1 is 1.56 bits per heavy atom. The zero-order valence-corrected chi connectivity index (χ0v) is 11.1. The molecule has 0 spiro atoms. The highest BCUT2D eigenvalue weighted by Crippen LogP contribution is 2.64. The lowest BCUT2D eigenvalue weighted by atomic mass is 9.70. The van der Waals surface area contributed by atoms with Crippen LogP contribution in [0, 0.1) is 16.7 Å². The van der Waals surface area contributed by atoms with E-state index >= 15 is 0 Å². The van der Waals surface area contributed by atoms with E-state index in [-0.39, 0.29) is 10.8 Å². The van der Waals surface area contributed by atoms with Gasteiger partial charge in [0, 0.05) is 17.7 Å². The van der Waals surface area contributed by atoms with Gasteiger partial charge in [-0.05, 0) is 37.5 Å². The van der Waals surface area contributed by atoms with Crippen LogP contribution in [0.25, 0.3) is 0 Å². The molecule has 2 aliphatic carbocycles. The molecule has 0 aliphatic heterocycles. The van der Waals surface area contributed by atoms with E-state index in [9.17, 15) is 8.76 Å². The molecule has 2 unspecified atom stereocenters. The molecule has 0 amide bonds. The van der Waals surface area contributed by atoms with Crippen LogP contribution >= 0.6 is 0 Å². The number of rotatable bonds is 3. The highest BCUT2D eigenvalue weighted by molar-refractivity contribution is 7.79. The fourth-order valence-electron chi connectivity index (χ4n) is 3.76. The molecule has 3 atom stereocenters. The van der Waals surface area contributed by atoms with Crippen molar-refractivity contribution in [2.24, 2.45) is 21.7 Å². The molecule has 0 aromatic heterocycles. The van der Waals surface area contributed by atoms with Crippen molar-refractivity contribution in [3.05, 3.63) is 0 Å². The van der Waals surface area contributed by atoms with Crippen LogP contribution in [-0.4, -0.2) is 26.8 Å². The summed E-state index contributed by atoms with van der Waals surface area (Å²) in [6.45, 7) is 7.32. The van der Waals surface area contributed by atoms with Crippen LogP contribution in [0.2, 0.25) is 0 Å². The molecule has 92 valence electrons. The summed E-state index contributed by atoms with van der Waals surface area (Å²) in [5.74, 6) is 1.02. The molecular formula is C12H21NO2S. The highest BCUT2D eigenvalue weighted by Gasteiger charge is 2.62. The van der Waals surface area contributed by atoms with E-state index in [2.05, 4.69) is 18.8 Å². The third-order valence-corrected chi connectivity index (χ3v) is 5.62. The largest absolute Gasteiger partial charge is 0.306 e. The van der Waals surface area contributed by atoms with Gasteiger partial charge in [0.25, 0.3) is 0 Å². The van der Waals surface area contributed by atoms with Crippen LogP contribution in [0.3, 0.4) is 0 Å². The number of hydrogen-bond donors (Lipinski definition) is 1. The Morgan fingerprint density at radius 2 is 2.25 bits per heavy atom. The van der Waals surface area contributed by atoms with Gasteiger partial charge in [-0.1, -0.05) is 13.8 Å². The van der Waals surface area contributed by atoms with Gasteiger partial charge in [0.1, 0.15) is 0 Å². The lowest BCUT2D eigenvalue weighted by Crippen LogP contribution is -2.41. The standard InChI is InChI=1S/C12H21NO2S/c1-4-13-10-7-9-5-6-12(10,8-16(14)15)11(9,2)3/h9H,4-8H2,1-3H3,(H,14,15)/t9?,12-/m0/s1. The maximum absolute atomic E-state index is 11.2. The Kier molecular flexibility index (Phi) is 2.99. The fourth-order valence-corrected chi connectivity index (χ4v) is 4.86. The Labute approximate surface area is 100 Å². The van der Waals surface area contributed by atoms with Gasteiger partial charge in [-0.25, -0.2) is 4.21 Å². The summed E-state index contributed by atoms with van der Waals surface area (Å²) in [4.78, 5) is 4.60. The molecule has 2 rings (SSSR count). The van der Waals surface area contributed by atoms with Crippen molar-refractivity contribution in [1.29, 1.82) is 0 Å². The second-order valence-corrected chi connectivity index (χ2v) is 6.56. The number of fused-ring (bicyclic) bond motifs is 2. The van der Waals surface area contributed by atoms with Crippen molar-refractivity contribution in [2.45, 2.75) is 40.0 Å². The molecule has 2 bridgehead atoms. The van der Waals surface area contributed by atoms with Crippen LogP contribution in [-0.2, 0) is 11.1 Å². The van der Waals surface area contributed by atoms with Crippen LogP contribution in [0.4, 0.5) is 0 Å². The van der Waals surface area contributed by atoms with Gasteiger partial charge in [-0.15, -0.1) is 0 Å². The number of aliphatic imine (C=N–C) groups is 1.